The molecule has 8 heteroatoms. The minimum Gasteiger partial charge on any atom is -0.494 e. The van der Waals surface area contributed by atoms with Crippen molar-refractivity contribution in [2.45, 2.75) is 97.8 Å². The van der Waals surface area contributed by atoms with E-state index in [1.807, 2.05) is 36.4 Å². The first-order valence-corrected chi connectivity index (χ1v) is 18.0. The van der Waals surface area contributed by atoms with Gasteiger partial charge >= 0.3 is 0 Å². The smallest absolute Gasteiger partial charge is 0.268 e. The lowest BCUT2D eigenvalue weighted by atomic mass is 9.87. The number of hydrogen-bond donors (Lipinski definition) is 1. The van der Waals surface area contributed by atoms with Crippen molar-refractivity contribution in [3.05, 3.63) is 113 Å². The van der Waals surface area contributed by atoms with E-state index in [1.54, 1.807) is 18.2 Å². The molecule has 2 heterocycles. The Kier molecular flexibility index (Phi) is 9.42. The van der Waals surface area contributed by atoms with Crippen LogP contribution in [0.2, 0.25) is 5.02 Å². The fourth-order valence-electron chi connectivity index (χ4n) is 6.92. The summed E-state index contributed by atoms with van der Waals surface area (Å²) < 4.78 is 2.41. The summed E-state index contributed by atoms with van der Waals surface area (Å²) in [6, 6.07) is 18.1. The van der Waals surface area contributed by atoms with Gasteiger partial charge in [0.25, 0.3) is 16.7 Å². The second-order valence-electron chi connectivity index (χ2n) is 15.5. The van der Waals surface area contributed by atoms with E-state index in [9.17, 15) is 19.5 Å². The van der Waals surface area contributed by atoms with Crippen molar-refractivity contribution in [3.8, 4) is 28.4 Å². The highest BCUT2D eigenvalue weighted by Gasteiger charge is 2.29. The quantitative estimate of drug-likeness (QED) is 0.121. The molecule has 1 aliphatic heterocycles. The van der Waals surface area contributed by atoms with Crippen LogP contribution in [0.4, 0.5) is 0 Å². The SMILES string of the molecule is CCCCCCCCN=c1cc2c(=O)n(-c3ccc(C(C)(C)C)cc3)c(=O)c3c(Cl)cc4c(O)n(-c5ccc(C(C)(C)C)cc5)c(=O)c1c4c3-2. The first kappa shape index (κ1) is 35.3. The molecule has 2 aliphatic rings. The maximum Gasteiger partial charge on any atom is 0.268 e. The molecule has 3 aromatic carbocycles. The summed E-state index contributed by atoms with van der Waals surface area (Å²) in [5, 5.41) is 13.2. The van der Waals surface area contributed by atoms with E-state index in [-0.39, 0.29) is 49.0 Å². The Bertz CT molecular complexity index is 2390. The van der Waals surface area contributed by atoms with Gasteiger partial charge in [0.2, 0.25) is 5.88 Å². The van der Waals surface area contributed by atoms with Crippen molar-refractivity contribution in [2.75, 3.05) is 6.54 Å². The van der Waals surface area contributed by atoms with Gasteiger partial charge in [0.1, 0.15) is 0 Å². The van der Waals surface area contributed by atoms with Crippen LogP contribution in [0.1, 0.15) is 98.1 Å². The lowest BCUT2D eigenvalue weighted by Gasteiger charge is -2.22. The van der Waals surface area contributed by atoms with Gasteiger partial charge in [-0.05, 0) is 64.8 Å². The maximum atomic E-state index is 14.6. The van der Waals surface area contributed by atoms with Crippen LogP contribution in [-0.4, -0.2) is 20.8 Å². The zero-order valence-corrected chi connectivity index (χ0v) is 30.9. The Morgan fingerprint density at radius 1 is 0.660 bits per heavy atom. The van der Waals surface area contributed by atoms with E-state index in [2.05, 4.69) is 48.5 Å². The summed E-state index contributed by atoms with van der Waals surface area (Å²) in [7, 11) is 0. The van der Waals surface area contributed by atoms with Gasteiger partial charge in [-0.15, -0.1) is 0 Å². The fourth-order valence-corrected chi connectivity index (χ4v) is 7.21. The molecule has 1 N–H and O–H groups in total. The molecule has 50 heavy (non-hydrogen) atoms. The number of nitrogens with zero attached hydrogens (tertiary/aromatic N) is 3. The number of aromatic nitrogens is 2. The van der Waals surface area contributed by atoms with Crippen LogP contribution in [0.3, 0.4) is 0 Å². The number of unbranched alkanes of at least 4 members (excludes halogenated alkanes) is 5. The van der Waals surface area contributed by atoms with Crippen molar-refractivity contribution in [2.24, 2.45) is 4.99 Å². The monoisotopic (exact) mass is 691 g/mol. The summed E-state index contributed by atoms with van der Waals surface area (Å²) in [6.45, 7) is 15.3. The number of benzene rings is 4. The molecule has 4 aromatic rings. The third-order valence-corrected chi connectivity index (χ3v) is 10.1. The first-order chi connectivity index (χ1) is 23.6. The third-order valence-electron chi connectivity index (χ3n) is 9.83. The van der Waals surface area contributed by atoms with Crippen molar-refractivity contribution in [1.82, 2.24) is 9.13 Å². The lowest BCUT2D eigenvalue weighted by molar-refractivity contribution is 0.443. The second-order valence-corrected chi connectivity index (χ2v) is 15.9. The molecule has 0 saturated carbocycles. The highest BCUT2D eigenvalue weighted by atomic mass is 35.5. The number of hydrogen-bond acceptors (Lipinski definition) is 5. The standard InChI is InChI=1S/C42H46ClN3O4/c1-8-9-10-11-12-13-22-44-32-24-30-33-34-29(37(47)46(40(50)36(32)34)28-20-16-26(17-21-28)42(5,6)7)23-31(43)35(33)39(49)45(38(30)48)27-18-14-25(15-19-27)41(2,3)4/h14-21,23-24,47H,8-13,22H2,1-7H3. The van der Waals surface area contributed by atoms with Gasteiger partial charge in [0.05, 0.1) is 38.1 Å². The molecule has 260 valence electrons. The third kappa shape index (κ3) is 6.21. The topological polar surface area (TPSA) is 93.7 Å². The predicted octanol–water partition coefficient (Wildman–Crippen LogP) is 8.85. The van der Waals surface area contributed by atoms with E-state index in [1.165, 1.54) is 23.5 Å². The van der Waals surface area contributed by atoms with Crippen LogP contribution in [0.5, 0.6) is 5.88 Å². The number of halogens is 1. The van der Waals surface area contributed by atoms with Crippen LogP contribution in [0, 0.1) is 0 Å². The van der Waals surface area contributed by atoms with E-state index in [0.29, 0.717) is 28.7 Å². The van der Waals surface area contributed by atoms with Gasteiger partial charge < -0.3 is 5.11 Å². The van der Waals surface area contributed by atoms with Gasteiger partial charge in [-0.1, -0.05) is 116 Å². The molecule has 0 fully saturated rings. The largest absolute Gasteiger partial charge is 0.494 e. The molecule has 7 nitrogen and oxygen atoms in total. The van der Waals surface area contributed by atoms with E-state index in [4.69, 9.17) is 16.6 Å². The molecule has 0 bridgehead atoms. The van der Waals surface area contributed by atoms with Crippen molar-refractivity contribution < 1.29 is 5.11 Å². The molecule has 0 spiro atoms. The summed E-state index contributed by atoms with van der Waals surface area (Å²) in [5.74, 6) is -0.321. The highest BCUT2D eigenvalue weighted by Crippen LogP contribution is 2.41. The molecule has 0 amide bonds. The van der Waals surface area contributed by atoms with Gasteiger partial charge in [-0.3, -0.25) is 19.4 Å². The van der Waals surface area contributed by atoms with Gasteiger partial charge in [0, 0.05) is 22.9 Å². The molecule has 0 atom stereocenters. The lowest BCUT2D eigenvalue weighted by Crippen LogP contribution is -2.35. The first-order valence-electron chi connectivity index (χ1n) is 17.7. The van der Waals surface area contributed by atoms with E-state index in [0.717, 1.165) is 41.4 Å². The second kappa shape index (κ2) is 13.3. The Hall–Kier alpha value is -4.49. The molecule has 6 rings (SSSR count). The fraction of sp³-hybridized carbons (Fsp3) is 0.381. The predicted molar refractivity (Wildman–Crippen MR) is 206 cm³/mol. The minimum absolute atomic E-state index is 0.0780. The molecular weight excluding hydrogens is 646 g/mol. The number of rotatable bonds is 9. The van der Waals surface area contributed by atoms with E-state index < -0.39 is 16.7 Å². The average molecular weight is 692 g/mol. The van der Waals surface area contributed by atoms with Crippen molar-refractivity contribution in [3.63, 3.8) is 0 Å². The van der Waals surface area contributed by atoms with Gasteiger partial charge in [-0.2, -0.15) is 0 Å². The molecular formula is C42H46ClN3O4. The van der Waals surface area contributed by atoms with Crippen LogP contribution < -0.4 is 22.0 Å². The summed E-state index contributed by atoms with van der Waals surface area (Å²) in [4.78, 5) is 48.1. The van der Waals surface area contributed by atoms with Crippen LogP contribution in [0.15, 0.2) is 80.0 Å². The zero-order chi connectivity index (χ0) is 36.1. The Morgan fingerprint density at radius 3 is 1.74 bits per heavy atom. The zero-order valence-electron chi connectivity index (χ0n) is 30.1. The Labute approximate surface area is 297 Å². The molecule has 0 saturated heterocycles. The molecule has 1 aliphatic carbocycles. The molecule has 0 radical (unpaired) electrons. The average Bonchev–Trinajstić information content (AvgIpc) is 3.06. The normalized spacial score (nSPS) is 13.0. The van der Waals surface area contributed by atoms with Crippen LogP contribution >= 0.6 is 11.6 Å². The van der Waals surface area contributed by atoms with Crippen molar-refractivity contribution >= 4 is 33.1 Å². The Balaban J connectivity index is 1.66. The maximum absolute atomic E-state index is 14.6. The summed E-state index contributed by atoms with van der Waals surface area (Å²) >= 11 is 6.90. The van der Waals surface area contributed by atoms with Crippen LogP contribution in [0.25, 0.3) is 44.0 Å². The number of pyridine rings is 2. The molecule has 1 aromatic heterocycles. The summed E-state index contributed by atoms with van der Waals surface area (Å²) in [6.07, 6.45) is 6.47. The van der Waals surface area contributed by atoms with Crippen LogP contribution in [-0.2, 0) is 10.8 Å². The van der Waals surface area contributed by atoms with Crippen molar-refractivity contribution in [1.29, 1.82) is 0 Å². The van der Waals surface area contributed by atoms with Gasteiger partial charge in [0.15, 0.2) is 0 Å². The Morgan fingerprint density at radius 2 is 1.18 bits per heavy atom. The molecule has 0 unspecified atom stereocenters. The summed E-state index contributed by atoms with van der Waals surface area (Å²) in [5.41, 5.74) is 1.70. The van der Waals surface area contributed by atoms with Gasteiger partial charge in [-0.25, -0.2) is 9.13 Å². The highest BCUT2D eigenvalue weighted by molar-refractivity contribution is 6.37. The minimum atomic E-state index is -0.586. The van der Waals surface area contributed by atoms with E-state index >= 15 is 0 Å². The number of aromatic hydroxyl groups is 1.